The molecule has 1 heterocycles. The molecule has 0 aliphatic heterocycles. The van der Waals surface area contributed by atoms with Crippen molar-refractivity contribution in [1.29, 1.82) is 0 Å². The monoisotopic (exact) mass is 326 g/mol. The Morgan fingerprint density at radius 3 is 2.84 bits per heavy atom. The third kappa shape index (κ3) is 3.89. The van der Waals surface area contributed by atoms with Gasteiger partial charge in [-0.3, -0.25) is 4.79 Å². The average Bonchev–Trinajstić information content (AvgIpc) is 3.21. The highest BCUT2D eigenvalue weighted by atomic mass is 79.9. The first kappa shape index (κ1) is 14.2. The Morgan fingerprint density at radius 2 is 2.26 bits per heavy atom. The molecule has 1 fully saturated rings. The Labute approximate surface area is 121 Å². The predicted molar refractivity (Wildman–Crippen MR) is 78.3 cm³/mol. The molecule has 19 heavy (non-hydrogen) atoms. The van der Waals surface area contributed by atoms with Gasteiger partial charge in [0.2, 0.25) is 5.91 Å². The van der Waals surface area contributed by atoms with Crippen molar-refractivity contribution in [3.8, 4) is 0 Å². The van der Waals surface area contributed by atoms with Gasteiger partial charge < -0.3 is 10.2 Å². The van der Waals surface area contributed by atoms with Crippen molar-refractivity contribution in [1.82, 2.24) is 15.3 Å². The van der Waals surface area contributed by atoms with Crippen LogP contribution >= 0.6 is 15.9 Å². The van der Waals surface area contributed by atoms with E-state index in [2.05, 4.69) is 38.1 Å². The highest BCUT2D eigenvalue weighted by Gasteiger charge is 2.27. The summed E-state index contributed by atoms with van der Waals surface area (Å²) in [5.41, 5.74) is 0. The SMILES string of the molecule is CCCN(CC(=O)NC)c1cc(Br)nc(C2CC2)n1. The summed E-state index contributed by atoms with van der Waals surface area (Å²) in [6.45, 7) is 3.23. The quantitative estimate of drug-likeness (QED) is 0.813. The van der Waals surface area contributed by atoms with Crippen LogP contribution in [0.25, 0.3) is 0 Å². The normalized spacial score (nSPS) is 14.3. The van der Waals surface area contributed by atoms with Crippen LogP contribution in [-0.2, 0) is 4.79 Å². The van der Waals surface area contributed by atoms with E-state index in [-0.39, 0.29) is 5.91 Å². The van der Waals surface area contributed by atoms with E-state index in [9.17, 15) is 4.79 Å². The molecule has 104 valence electrons. The van der Waals surface area contributed by atoms with Gasteiger partial charge in [-0.2, -0.15) is 0 Å². The van der Waals surface area contributed by atoms with Gasteiger partial charge in [0.05, 0.1) is 6.54 Å². The molecule has 0 bridgehead atoms. The van der Waals surface area contributed by atoms with Crippen LogP contribution in [0, 0.1) is 0 Å². The van der Waals surface area contributed by atoms with E-state index in [0.717, 1.165) is 29.2 Å². The number of aromatic nitrogens is 2. The maximum Gasteiger partial charge on any atom is 0.239 e. The molecule has 6 heteroatoms. The van der Waals surface area contributed by atoms with Crippen LogP contribution in [0.3, 0.4) is 0 Å². The molecular weight excluding hydrogens is 308 g/mol. The van der Waals surface area contributed by atoms with Crippen LogP contribution in [0.1, 0.15) is 37.9 Å². The smallest absolute Gasteiger partial charge is 0.239 e. The summed E-state index contributed by atoms with van der Waals surface area (Å²) < 4.78 is 0.789. The number of hydrogen-bond acceptors (Lipinski definition) is 4. The van der Waals surface area contributed by atoms with E-state index < -0.39 is 0 Å². The number of rotatable bonds is 6. The zero-order valence-corrected chi connectivity index (χ0v) is 12.9. The van der Waals surface area contributed by atoms with Crippen molar-refractivity contribution in [2.45, 2.75) is 32.1 Å². The lowest BCUT2D eigenvalue weighted by Crippen LogP contribution is -2.36. The lowest BCUT2D eigenvalue weighted by atomic mass is 10.3. The Morgan fingerprint density at radius 1 is 1.53 bits per heavy atom. The second-order valence-electron chi connectivity index (χ2n) is 4.78. The standard InChI is InChI=1S/C13H19BrN4O/c1-3-6-18(8-12(19)15-2)11-7-10(14)16-13(17-11)9-4-5-9/h7,9H,3-6,8H2,1-2H3,(H,15,19). The van der Waals surface area contributed by atoms with E-state index in [1.807, 2.05) is 11.0 Å². The molecule has 1 amide bonds. The van der Waals surface area contributed by atoms with Crippen molar-refractivity contribution < 1.29 is 4.79 Å². The maximum absolute atomic E-state index is 11.6. The summed E-state index contributed by atoms with van der Waals surface area (Å²) in [6.07, 6.45) is 3.30. The second-order valence-corrected chi connectivity index (χ2v) is 5.59. The minimum Gasteiger partial charge on any atom is -0.358 e. The van der Waals surface area contributed by atoms with Gasteiger partial charge in [0.1, 0.15) is 16.2 Å². The Kier molecular flexibility index (Phi) is 4.74. The number of anilines is 1. The number of hydrogen-bond donors (Lipinski definition) is 1. The van der Waals surface area contributed by atoms with E-state index in [0.29, 0.717) is 12.5 Å². The Hall–Kier alpha value is -1.17. The molecule has 0 aromatic carbocycles. The van der Waals surface area contributed by atoms with Crippen LogP contribution in [0.2, 0.25) is 0 Å². The molecule has 1 aliphatic rings. The Bertz CT molecular complexity index is 462. The summed E-state index contributed by atoms with van der Waals surface area (Å²) >= 11 is 3.43. The molecule has 1 N–H and O–H groups in total. The van der Waals surface area contributed by atoms with Gasteiger partial charge in [0.25, 0.3) is 0 Å². The van der Waals surface area contributed by atoms with Crippen molar-refractivity contribution in [2.75, 3.05) is 25.0 Å². The lowest BCUT2D eigenvalue weighted by molar-refractivity contribution is -0.119. The fourth-order valence-electron chi connectivity index (χ4n) is 1.91. The topological polar surface area (TPSA) is 58.1 Å². The van der Waals surface area contributed by atoms with E-state index in [1.165, 1.54) is 12.8 Å². The minimum atomic E-state index is -0.00356. The molecule has 1 aliphatic carbocycles. The molecular formula is C13H19BrN4O. The average molecular weight is 327 g/mol. The van der Waals surface area contributed by atoms with Crippen molar-refractivity contribution >= 4 is 27.7 Å². The molecule has 0 unspecified atom stereocenters. The molecule has 0 saturated heterocycles. The second kappa shape index (κ2) is 6.32. The zero-order chi connectivity index (χ0) is 13.8. The first-order chi connectivity index (χ1) is 9.13. The lowest BCUT2D eigenvalue weighted by Gasteiger charge is -2.22. The summed E-state index contributed by atoms with van der Waals surface area (Å²) in [6, 6.07) is 1.88. The summed E-state index contributed by atoms with van der Waals surface area (Å²) in [4.78, 5) is 22.6. The third-order valence-electron chi connectivity index (χ3n) is 3.07. The van der Waals surface area contributed by atoms with Gasteiger partial charge in [0.15, 0.2) is 0 Å². The van der Waals surface area contributed by atoms with Crippen molar-refractivity contribution in [2.24, 2.45) is 0 Å². The van der Waals surface area contributed by atoms with Crippen molar-refractivity contribution in [3.63, 3.8) is 0 Å². The molecule has 1 saturated carbocycles. The molecule has 1 aromatic rings. The number of nitrogens with one attached hydrogen (secondary N) is 1. The van der Waals surface area contributed by atoms with Gasteiger partial charge in [-0.25, -0.2) is 9.97 Å². The van der Waals surface area contributed by atoms with Gasteiger partial charge in [-0.15, -0.1) is 0 Å². The van der Waals surface area contributed by atoms with Crippen LogP contribution in [-0.4, -0.2) is 36.0 Å². The number of carbonyl (C=O) groups is 1. The van der Waals surface area contributed by atoms with Gasteiger partial charge in [0, 0.05) is 25.6 Å². The molecule has 0 spiro atoms. The summed E-state index contributed by atoms with van der Waals surface area (Å²) in [5.74, 6) is 2.22. The summed E-state index contributed by atoms with van der Waals surface area (Å²) in [5, 5.41) is 2.65. The van der Waals surface area contributed by atoms with Gasteiger partial charge >= 0.3 is 0 Å². The number of carbonyl (C=O) groups excluding carboxylic acids is 1. The van der Waals surface area contributed by atoms with E-state index in [4.69, 9.17) is 0 Å². The highest BCUT2D eigenvalue weighted by molar-refractivity contribution is 9.10. The zero-order valence-electron chi connectivity index (χ0n) is 11.3. The largest absolute Gasteiger partial charge is 0.358 e. The number of nitrogens with zero attached hydrogens (tertiary/aromatic N) is 3. The first-order valence-corrected chi connectivity index (χ1v) is 7.43. The molecule has 0 radical (unpaired) electrons. The highest BCUT2D eigenvalue weighted by Crippen LogP contribution is 2.39. The van der Waals surface area contributed by atoms with Gasteiger partial charge in [-0.1, -0.05) is 6.92 Å². The van der Waals surface area contributed by atoms with Crippen LogP contribution in [0.15, 0.2) is 10.7 Å². The van der Waals surface area contributed by atoms with E-state index in [1.54, 1.807) is 7.05 Å². The minimum absolute atomic E-state index is 0.00356. The fourth-order valence-corrected chi connectivity index (χ4v) is 2.29. The van der Waals surface area contributed by atoms with Crippen LogP contribution in [0.5, 0.6) is 0 Å². The van der Waals surface area contributed by atoms with Crippen LogP contribution < -0.4 is 10.2 Å². The maximum atomic E-state index is 11.6. The summed E-state index contributed by atoms with van der Waals surface area (Å²) in [7, 11) is 1.65. The van der Waals surface area contributed by atoms with Crippen molar-refractivity contribution in [3.05, 3.63) is 16.5 Å². The third-order valence-corrected chi connectivity index (χ3v) is 3.48. The predicted octanol–water partition coefficient (Wildman–Crippen LogP) is 2.08. The fraction of sp³-hybridized carbons (Fsp3) is 0.615. The Balaban J connectivity index is 2.21. The number of likely N-dealkylation sites (N-methyl/N-ethyl adjacent to an activating group) is 1. The van der Waals surface area contributed by atoms with E-state index >= 15 is 0 Å². The van der Waals surface area contributed by atoms with Gasteiger partial charge in [-0.05, 0) is 35.2 Å². The molecule has 1 aromatic heterocycles. The first-order valence-electron chi connectivity index (χ1n) is 6.64. The molecule has 2 rings (SSSR count). The number of halogens is 1. The molecule has 0 atom stereocenters. The van der Waals surface area contributed by atoms with Crippen LogP contribution in [0.4, 0.5) is 5.82 Å². The molecule has 5 nitrogen and oxygen atoms in total. The number of amides is 1.